The predicted molar refractivity (Wildman–Crippen MR) is 78.6 cm³/mol. The number of piperazine rings is 1. The van der Waals surface area contributed by atoms with Crippen LogP contribution in [0.1, 0.15) is 11.1 Å². The molecule has 20 heavy (non-hydrogen) atoms. The molecular weight excluding hydrogens is 254 g/mol. The topological polar surface area (TPSA) is 58.8 Å². The van der Waals surface area contributed by atoms with Gasteiger partial charge in [-0.2, -0.15) is 0 Å². The van der Waals surface area contributed by atoms with E-state index in [-0.39, 0.29) is 12.5 Å². The van der Waals surface area contributed by atoms with Crippen LogP contribution in [-0.4, -0.2) is 55.5 Å². The van der Waals surface area contributed by atoms with Gasteiger partial charge in [-0.1, -0.05) is 17.7 Å². The van der Waals surface area contributed by atoms with Gasteiger partial charge in [0.1, 0.15) is 5.75 Å². The molecule has 1 amide bonds. The molecule has 1 aromatic rings. The summed E-state index contributed by atoms with van der Waals surface area (Å²) in [5.74, 6) is 0.967. The van der Waals surface area contributed by atoms with E-state index in [1.165, 1.54) is 11.1 Å². The number of hydrogen-bond donors (Lipinski definition) is 1. The van der Waals surface area contributed by atoms with Crippen LogP contribution in [0.3, 0.4) is 0 Å². The Morgan fingerprint density at radius 3 is 2.60 bits per heavy atom. The second kappa shape index (κ2) is 6.72. The molecule has 0 atom stereocenters. The second-order valence-electron chi connectivity index (χ2n) is 5.18. The zero-order chi connectivity index (χ0) is 14.5. The molecule has 1 aliphatic heterocycles. The van der Waals surface area contributed by atoms with E-state index in [1.54, 1.807) is 7.11 Å². The Labute approximate surface area is 120 Å². The van der Waals surface area contributed by atoms with E-state index >= 15 is 0 Å². The second-order valence-corrected chi connectivity index (χ2v) is 5.18. The molecule has 1 saturated heterocycles. The maximum absolute atomic E-state index is 11.5. The van der Waals surface area contributed by atoms with E-state index in [9.17, 15) is 4.79 Å². The number of carbonyl (C=O) groups is 1. The molecule has 0 bridgehead atoms. The van der Waals surface area contributed by atoms with Crippen molar-refractivity contribution in [2.45, 2.75) is 13.5 Å². The van der Waals surface area contributed by atoms with Gasteiger partial charge in [0.15, 0.2) is 0 Å². The van der Waals surface area contributed by atoms with Gasteiger partial charge in [0, 0.05) is 38.3 Å². The van der Waals surface area contributed by atoms with Gasteiger partial charge in [-0.3, -0.25) is 9.69 Å². The predicted octanol–water partition coefficient (Wildman–Crippen LogP) is 0.607. The summed E-state index contributed by atoms with van der Waals surface area (Å²) in [6, 6.07) is 6.23. The summed E-state index contributed by atoms with van der Waals surface area (Å²) in [6.45, 7) is 6.31. The third kappa shape index (κ3) is 3.49. The lowest BCUT2D eigenvalue weighted by Gasteiger charge is -2.34. The smallest absolute Gasteiger partial charge is 0.236 e. The van der Waals surface area contributed by atoms with Gasteiger partial charge in [-0.15, -0.1) is 0 Å². The third-order valence-corrected chi connectivity index (χ3v) is 3.73. The number of methoxy groups -OCH3 is 1. The van der Waals surface area contributed by atoms with E-state index in [0.717, 1.165) is 38.5 Å². The van der Waals surface area contributed by atoms with E-state index in [1.807, 2.05) is 11.0 Å². The molecule has 0 unspecified atom stereocenters. The van der Waals surface area contributed by atoms with Crippen LogP contribution in [0.25, 0.3) is 0 Å². The van der Waals surface area contributed by atoms with Gasteiger partial charge in [0.2, 0.25) is 5.91 Å². The monoisotopic (exact) mass is 277 g/mol. The minimum atomic E-state index is 0.0396. The number of aryl methyl sites for hydroxylation is 1. The lowest BCUT2D eigenvalue weighted by Crippen LogP contribution is -2.49. The summed E-state index contributed by atoms with van der Waals surface area (Å²) in [5, 5.41) is 0. The highest BCUT2D eigenvalue weighted by molar-refractivity contribution is 5.78. The van der Waals surface area contributed by atoms with Crippen molar-refractivity contribution in [1.29, 1.82) is 0 Å². The van der Waals surface area contributed by atoms with Crippen LogP contribution in [0.15, 0.2) is 18.2 Å². The van der Waals surface area contributed by atoms with Crippen LogP contribution >= 0.6 is 0 Å². The maximum Gasteiger partial charge on any atom is 0.236 e. The Balaban J connectivity index is 1.96. The first-order valence-electron chi connectivity index (χ1n) is 6.97. The molecule has 1 heterocycles. The van der Waals surface area contributed by atoms with E-state index in [2.05, 4.69) is 24.0 Å². The number of nitrogens with zero attached hydrogens (tertiary/aromatic N) is 2. The molecule has 5 heteroatoms. The molecular formula is C15H23N3O2. The normalized spacial score (nSPS) is 16.2. The van der Waals surface area contributed by atoms with E-state index < -0.39 is 0 Å². The molecule has 0 aromatic heterocycles. The first-order chi connectivity index (χ1) is 9.63. The van der Waals surface area contributed by atoms with Crippen molar-refractivity contribution in [2.24, 2.45) is 5.73 Å². The summed E-state index contributed by atoms with van der Waals surface area (Å²) < 4.78 is 5.41. The fraction of sp³-hybridized carbons (Fsp3) is 0.533. The summed E-state index contributed by atoms with van der Waals surface area (Å²) >= 11 is 0. The van der Waals surface area contributed by atoms with Gasteiger partial charge in [-0.25, -0.2) is 0 Å². The average Bonchev–Trinajstić information content (AvgIpc) is 2.47. The SMILES string of the molecule is COc1ccc(C)cc1CN1CCN(C(=O)CN)CC1. The van der Waals surface area contributed by atoms with Crippen LogP contribution in [0, 0.1) is 6.92 Å². The molecule has 0 saturated carbocycles. The zero-order valence-corrected chi connectivity index (χ0v) is 12.3. The fourth-order valence-corrected chi connectivity index (χ4v) is 2.56. The number of rotatable bonds is 4. The number of ether oxygens (including phenoxy) is 1. The highest BCUT2D eigenvalue weighted by Crippen LogP contribution is 2.21. The van der Waals surface area contributed by atoms with Gasteiger partial charge in [-0.05, 0) is 13.0 Å². The number of nitrogens with two attached hydrogens (primary N) is 1. The van der Waals surface area contributed by atoms with Crippen molar-refractivity contribution >= 4 is 5.91 Å². The number of hydrogen-bond acceptors (Lipinski definition) is 4. The third-order valence-electron chi connectivity index (χ3n) is 3.73. The standard InChI is InChI=1S/C15H23N3O2/c1-12-3-4-14(20-2)13(9-12)11-17-5-7-18(8-6-17)15(19)10-16/h3-4,9H,5-8,10-11,16H2,1-2H3. The van der Waals surface area contributed by atoms with Crippen LogP contribution in [-0.2, 0) is 11.3 Å². The minimum absolute atomic E-state index is 0.0396. The van der Waals surface area contributed by atoms with Crippen LogP contribution in [0.4, 0.5) is 0 Å². The van der Waals surface area contributed by atoms with Crippen LogP contribution in [0.5, 0.6) is 5.75 Å². The summed E-state index contributed by atoms with van der Waals surface area (Å²) in [5.41, 5.74) is 7.83. The average molecular weight is 277 g/mol. The quantitative estimate of drug-likeness (QED) is 0.876. The first kappa shape index (κ1) is 14.8. The molecule has 1 aromatic carbocycles. The lowest BCUT2D eigenvalue weighted by atomic mass is 10.1. The Morgan fingerprint density at radius 1 is 1.30 bits per heavy atom. The van der Waals surface area contributed by atoms with Crippen molar-refractivity contribution in [3.8, 4) is 5.75 Å². The Bertz CT molecular complexity index is 468. The molecule has 2 N–H and O–H groups in total. The van der Waals surface area contributed by atoms with Gasteiger partial charge < -0.3 is 15.4 Å². The van der Waals surface area contributed by atoms with Crippen LogP contribution in [0.2, 0.25) is 0 Å². The fourth-order valence-electron chi connectivity index (χ4n) is 2.56. The zero-order valence-electron chi connectivity index (χ0n) is 12.3. The minimum Gasteiger partial charge on any atom is -0.496 e. The molecule has 0 radical (unpaired) electrons. The number of carbonyl (C=O) groups excluding carboxylic acids is 1. The van der Waals surface area contributed by atoms with Crippen molar-refractivity contribution < 1.29 is 9.53 Å². The van der Waals surface area contributed by atoms with Gasteiger partial charge >= 0.3 is 0 Å². The van der Waals surface area contributed by atoms with Crippen LogP contribution < -0.4 is 10.5 Å². The summed E-state index contributed by atoms with van der Waals surface area (Å²) in [6.07, 6.45) is 0. The van der Waals surface area contributed by atoms with Crippen molar-refractivity contribution in [3.05, 3.63) is 29.3 Å². The first-order valence-corrected chi connectivity index (χ1v) is 6.97. The largest absolute Gasteiger partial charge is 0.496 e. The van der Waals surface area contributed by atoms with Crippen molar-refractivity contribution in [1.82, 2.24) is 9.80 Å². The highest BCUT2D eigenvalue weighted by Gasteiger charge is 2.20. The Hall–Kier alpha value is -1.59. The molecule has 1 aliphatic rings. The van der Waals surface area contributed by atoms with Gasteiger partial charge in [0.05, 0.1) is 13.7 Å². The molecule has 1 fully saturated rings. The Morgan fingerprint density at radius 2 is 2.00 bits per heavy atom. The molecule has 110 valence electrons. The van der Waals surface area contributed by atoms with E-state index in [0.29, 0.717) is 0 Å². The van der Waals surface area contributed by atoms with Crippen molar-refractivity contribution in [2.75, 3.05) is 39.8 Å². The number of benzene rings is 1. The Kier molecular flexibility index (Phi) is 4.98. The highest BCUT2D eigenvalue weighted by atomic mass is 16.5. The lowest BCUT2D eigenvalue weighted by molar-refractivity contribution is -0.131. The van der Waals surface area contributed by atoms with E-state index in [4.69, 9.17) is 10.5 Å². The number of amides is 1. The molecule has 5 nitrogen and oxygen atoms in total. The molecule has 0 spiro atoms. The molecule has 2 rings (SSSR count). The summed E-state index contributed by atoms with van der Waals surface area (Å²) in [4.78, 5) is 15.7. The summed E-state index contributed by atoms with van der Waals surface area (Å²) in [7, 11) is 1.70. The van der Waals surface area contributed by atoms with Crippen molar-refractivity contribution in [3.63, 3.8) is 0 Å². The maximum atomic E-state index is 11.5. The van der Waals surface area contributed by atoms with Gasteiger partial charge in [0.25, 0.3) is 0 Å². The molecule has 0 aliphatic carbocycles.